The van der Waals surface area contributed by atoms with Crippen LogP contribution in [0.25, 0.3) is 16.9 Å². The zero-order chi connectivity index (χ0) is 25.3. The van der Waals surface area contributed by atoms with E-state index in [4.69, 9.17) is 4.42 Å². The van der Waals surface area contributed by atoms with Crippen LogP contribution in [0, 0.1) is 0 Å². The van der Waals surface area contributed by atoms with Gasteiger partial charge in [0.05, 0.1) is 18.2 Å². The van der Waals surface area contributed by atoms with Gasteiger partial charge in [-0.1, -0.05) is 38.1 Å². The second-order valence-corrected chi connectivity index (χ2v) is 8.98. The topological polar surface area (TPSA) is 63.6 Å². The third-order valence-electron chi connectivity index (χ3n) is 6.24. The van der Waals surface area contributed by atoms with Crippen molar-refractivity contribution in [2.75, 3.05) is 7.05 Å². The number of fused-ring (bicyclic) bond motifs is 1. The molecule has 35 heavy (non-hydrogen) atoms. The quantitative estimate of drug-likeness (QED) is 0.312. The highest BCUT2D eigenvalue weighted by Gasteiger charge is 2.36. The van der Waals surface area contributed by atoms with Gasteiger partial charge in [-0.3, -0.25) is 4.79 Å². The Kier molecular flexibility index (Phi) is 6.69. The van der Waals surface area contributed by atoms with Gasteiger partial charge in [-0.05, 0) is 43.0 Å². The third kappa shape index (κ3) is 5.08. The first-order chi connectivity index (χ1) is 16.6. The van der Waals surface area contributed by atoms with Crippen LogP contribution < -0.4 is 0 Å². The van der Waals surface area contributed by atoms with Gasteiger partial charge < -0.3 is 9.32 Å². The molecule has 0 aliphatic carbocycles. The van der Waals surface area contributed by atoms with E-state index < -0.39 is 17.8 Å². The van der Waals surface area contributed by atoms with E-state index in [-0.39, 0.29) is 28.9 Å². The highest BCUT2D eigenvalue weighted by molar-refractivity contribution is 6.00. The Balaban J connectivity index is 1.70. The van der Waals surface area contributed by atoms with E-state index >= 15 is 0 Å². The van der Waals surface area contributed by atoms with Crippen molar-refractivity contribution in [3.63, 3.8) is 0 Å². The molecule has 1 atom stereocenters. The van der Waals surface area contributed by atoms with Gasteiger partial charge in [0.25, 0.3) is 5.91 Å². The maximum absolute atomic E-state index is 13.9. The second kappa shape index (κ2) is 9.56. The molecule has 0 radical (unpaired) electrons. The lowest BCUT2D eigenvalue weighted by molar-refractivity contribution is -0.142. The van der Waals surface area contributed by atoms with Crippen molar-refractivity contribution in [1.82, 2.24) is 19.5 Å². The Bertz CT molecular complexity index is 1310. The number of amides is 1. The summed E-state index contributed by atoms with van der Waals surface area (Å²) in [6.07, 6.45) is -0.674. The fourth-order valence-corrected chi connectivity index (χ4v) is 3.89. The summed E-state index contributed by atoms with van der Waals surface area (Å²) in [7, 11) is 1.62. The van der Waals surface area contributed by atoms with Gasteiger partial charge in [0.15, 0.2) is 11.3 Å². The molecule has 9 heteroatoms. The number of hydrogen-bond donors (Lipinski definition) is 0. The fourth-order valence-electron chi connectivity index (χ4n) is 3.89. The summed E-state index contributed by atoms with van der Waals surface area (Å²) in [5.41, 5.74) is 0.626. The Morgan fingerprint density at radius 3 is 2.46 bits per heavy atom. The molecule has 1 unspecified atom stereocenters. The largest absolute Gasteiger partial charge is 0.469 e. The van der Waals surface area contributed by atoms with Crippen molar-refractivity contribution in [1.29, 1.82) is 0 Å². The van der Waals surface area contributed by atoms with Crippen molar-refractivity contribution in [3.05, 3.63) is 77.5 Å². The first kappa shape index (κ1) is 24.5. The van der Waals surface area contributed by atoms with Crippen molar-refractivity contribution in [2.24, 2.45) is 0 Å². The summed E-state index contributed by atoms with van der Waals surface area (Å²) in [5.74, 6) is 0.646. The number of halogens is 3. The molecule has 4 rings (SSSR count). The summed E-state index contributed by atoms with van der Waals surface area (Å²) in [6, 6.07) is 11.7. The Morgan fingerprint density at radius 2 is 1.86 bits per heavy atom. The number of carbonyl (C=O) groups excluding carboxylic acids is 1. The number of aryl methyl sites for hydroxylation is 1. The average molecular weight is 485 g/mol. The summed E-state index contributed by atoms with van der Waals surface area (Å²) < 4.78 is 47.8. The van der Waals surface area contributed by atoms with Gasteiger partial charge in [0.2, 0.25) is 0 Å². The maximum atomic E-state index is 13.9. The number of carbonyl (C=O) groups is 1. The lowest BCUT2D eigenvalue weighted by atomic mass is 10.0. The number of alkyl halides is 3. The van der Waals surface area contributed by atoms with Crippen LogP contribution >= 0.6 is 0 Å². The van der Waals surface area contributed by atoms with Gasteiger partial charge in [0, 0.05) is 25.1 Å². The standard InChI is InChI=1S/C26H27F3N4O2/c1-16(2)18-8-10-19(11-9-18)22-14-23(26(27,28)29)33-24(31-22)21(15-30-33)25(34)32(4)17(3)7-12-20-6-5-13-35-20/h5-6,8-11,13-17H,7,12H2,1-4H3. The lowest BCUT2D eigenvalue weighted by Gasteiger charge is -2.24. The van der Waals surface area contributed by atoms with Crippen LogP contribution in [0.4, 0.5) is 13.2 Å². The monoisotopic (exact) mass is 484 g/mol. The molecule has 0 N–H and O–H groups in total. The van der Waals surface area contributed by atoms with Gasteiger partial charge in [-0.2, -0.15) is 18.3 Å². The van der Waals surface area contributed by atoms with Crippen LogP contribution in [-0.4, -0.2) is 38.5 Å². The van der Waals surface area contributed by atoms with E-state index in [2.05, 4.69) is 10.1 Å². The molecular weight excluding hydrogens is 457 g/mol. The number of rotatable bonds is 7. The van der Waals surface area contributed by atoms with Crippen LogP contribution in [0.5, 0.6) is 0 Å². The van der Waals surface area contributed by atoms with Crippen molar-refractivity contribution < 1.29 is 22.4 Å². The van der Waals surface area contributed by atoms with Crippen LogP contribution in [0.2, 0.25) is 0 Å². The minimum Gasteiger partial charge on any atom is -0.469 e. The SMILES string of the molecule is CC(C)c1ccc(-c2cc(C(F)(F)F)n3ncc(C(=O)N(C)C(C)CCc4ccco4)c3n2)cc1. The second-order valence-electron chi connectivity index (χ2n) is 8.98. The molecule has 3 heterocycles. The van der Waals surface area contributed by atoms with Crippen molar-refractivity contribution >= 4 is 11.6 Å². The zero-order valence-electron chi connectivity index (χ0n) is 20.0. The molecule has 0 saturated carbocycles. The Hall–Kier alpha value is -3.62. The molecule has 6 nitrogen and oxygen atoms in total. The lowest BCUT2D eigenvalue weighted by Crippen LogP contribution is -2.35. The number of nitrogens with zero attached hydrogens (tertiary/aromatic N) is 4. The average Bonchev–Trinajstić information content (AvgIpc) is 3.50. The molecule has 1 aromatic carbocycles. The van der Waals surface area contributed by atoms with E-state index in [0.29, 0.717) is 22.9 Å². The maximum Gasteiger partial charge on any atom is 0.433 e. The minimum absolute atomic E-state index is 0.0171. The van der Waals surface area contributed by atoms with E-state index in [0.717, 1.165) is 23.6 Å². The van der Waals surface area contributed by atoms with Gasteiger partial charge in [-0.15, -0.1) is 0 Å². The summed E-state index contributed by atoms with van der Waals surface area (Å²) >= 11 is 0. The molecule has 0 fully saturated rings. The van der Waals surface area contributed by atoms with Crippen molar-refractivity contribution in [3.8, 4) is 11.3 Å². The molecule has 0 saturated heterocycles. The summed E-state index contributed by atoms with van der Waals surface area (Å²) in [6.45, 7) is 5.96. The van der Waals surface area contributed by atoms with Crippen LogP contribution in [0.15, 0.2) is 59.3 Å². The molecule has 1 amide bonds. The predicted octanol–water partition coefficient (Wildman–Crippen LogP) is 6.22. The van der Waals surface area contributed by atoms with Gasteiger partial charge in [0.1, 0.15) is 11.3 Å². The fraction of sp³-hybridized carbons (Fsp3) is 0.346. The molecule has 3 aromatic heterocycles. The number of benzene rings is 1. The van der Waals surface area contributed by atoms with Crippen LogP contribution in [0.3, 0.4) is 0 Å². The smallest absolute Gasteiger partial charge is 0.433 e. The van der Waals surface area contributed by atoms with E-state index in [1.54, 1.807) is 31.5 Å². The first-order valence-electron chi connectivity index (χ1n) is 11.4. The van der Waals surface area contributed by atoms with Crippen LogP contribution in [-0.2, 0) is 12.6 Å². The predicted molar refractivity (Wildman–Crippen MR) is 126 cm³/mol. The highest BCUT2D eigenvalue weighted by Crippen LogP contribution is 2.33. The van der Waals surface area contributed by atoms with Gasteiger partial charge >= 0.3 is 6.18 Å². The van der Waals surface area contributed by atoms with Crippen LogP contribution in [0.1, 0.15) is 60.5 Å². The summed E-state index contributed by atoms with van der Waals surface area (Å²) in [5, 5.41) is 3.88. The number of aromatic nitrogens is 3. The Morgan fingerprint density at radius 1 is 1.14 bits per heavy atom. The molecule has 0 aliphatic rings. The van der Waals surface area contributed by atoms with E-state index in [9.17, 15) is 18.0 Å². The minimum atomic E-state index is -4.68. The highest BCUT2D eigenvalue weighted by atomic mass is 19.4. The third-order valence-corrected chi connectivity index (χ3v) is 6.24. The summed E-state index contributed by atoms with van der Waals surface area (Å²) in [4.78, 5) is 19.2. The molecular formula is C26H27F3N4O2. The zero-order valence-corrected chi connectivity index (χ0v) is 20.0. The normalized spacial score (nSPS) is 12.9. The number of hydrogen-bond acceptors (Lipinski definition) is 4. The van der Waals surface area contributed by atoms with E-state index in [1.165, 1.54) is 4.90 Å². The molecule has 184 valence electrons. The van der Waals surface area contributed by atoms with Gasteiger partial charge in [-0.25, -0.2) is 9.50 Å². The van der Waals surface area contributed by atoms with E-state index in [1.807, 2.05) is 39.0 Å². The molecule has 0 aliphatic heterocycles. The Labute approximate surface area is 201 Å². The number of furan rings is 1. The molecule has 0 bridgehead atoms. The molecule has 0 spiro atoms. The van der Waals surface area contributed by atoms with Crippen molar-refractivity contribution in [2.45, 2.75) is 51.7 Å². The molecule has 4 aromatic rings. The first-order valence-corrected chi connectivity index (χ1v) is 11.4.